The summed E-state index contributed by atoms with van der Waals surface area (Å²) < 4.78 is 20.7. The van der Waals surface area contributed by atoms with Crippen LogP contribution in [-0.4, -0.2) is 38.3 Å². The average Bonchev–Trinajstić information content (AvgIpc) is 3.27. The largest absolute Gasteiger partial charge is 0.493 e. The highest BCUT2D eigenvalue weighted by Crippen LogP contribution is 2.33. The third kappa shape index (κ3) is 4.55. The maximum absolute atomic E-state index is 12.6. The van der Waals surface area contributed by atoms with Crippen molar-refractivity contribution in [2.45, 2.75) is 6.10 Å². The lowest BCUT2D eigenvalue weighted by atomic mass is 10.1. The van der Waals surface area contributed by atoms with E-state index in [2.05, 4.69) is 4.98 Å². The summed E-state index contributed by atoms with van der Waals surface area (Å²) in [6, 6.07) is 14.0. The maximum Gasteiger partial charge on any atom is 0.359 e. The highest BCUT2D eigenvalue weighted by molar-refractivity contribution is 7.13. The van der Waals surface area contributed by atoms with E-state index in [1.165, 1.54) is 18.4 Å². The van der Waals surface area contributed by atoms with E-state index in [-0.39, 0.29) is 5.69 Å². The third-order valence-electron chi connectivity index (χ3n) is 4.09. The monoisotopic (exact) mass is 413 g/mol. The Balaban J connectivity index is 1.82. The molecule has 0 aliphatic carbocycles. The minimum Gasteiger partial charge on any atom is -0.493 e. The van der Waals surface area contributed by atoms with Crippen LogP contribution in [-0.2, 0) is 14.3 Å². The SMILES string of the molecule is COC(=O)[C@@H](OC(=O)c1csc(-c2ccc(OC)c(OC)c2)n1)c1ccccc1. The molecule has 0 saturated heterocycles. The number of ether oxygens (including phenoxy) is 4. The molecule has 1 atom stereocenters. The number of nitrogens with zero attached hydrogens (tertiary/aromatic N) is 1. The number of benzene rings is 2. The molecule has 0 saturated carbocycles. The second kappa shape index (κ2) is 9.20. The summed E-state index contributed by atoms with van der Waals surface area (Å²) in [7, 11) is 4.34. The lowest BCUT2D eigenvalue weighted by Crippen LogP contribution is -2.21. The van der Waals surface area contributed by atoms with Crippen LogP contribution in [0.25, 0.3) is 10.6 Å². The fourth-order valence-electron chi connectivity index (χ4n) is 2.62. The van der Waals surface area contributed by atoms with Crippen molar-refractivity contribution < 1.29 is 28.5 Å². The fraction of sp³-hybridized carbons (Fsp3) is 0.190. The van der Waals surface area contributed by atoms with Gasteiger partial charge in [0.2, 0.25) is 6.10 Å². The molecular formula is C21H19NO6S. The molecule has 8 heteroatoms. The number of carbonyl (C=O) groups is 2. The average molecular weight is 413 g/mol. The van der Waals surface area contributed by atoms with E-state index in [0.29, 0.717) is 22.1 Å². The van der Waals surface area contributed by atoms with Crippen molar-refractivity contribution in [1.29, 1.82) is 0 Å². The van der Waals surface area contributed by atoms with E-state index in [1.54, 1.807) is 62.1 Å². The van der Waals surface area contributed by atoms with Gasteiger partial charge < -0.3 is 18.9 Å². The van der Waals surface area contributed by atoms with E-state index < -0.39 is 18.0 Å². The second-order valence-electron chi connectivity index (χ2n) is 5.83. The number of methoxy groups -OCH3 is 3. The van der Waals surface area contributed by atoms with Crippen molar-refractivity contribution in [1.82, 2.24) is 4.98 Å². The predicted octanol–water partition coefficient (Wildman–Crippen LogP) is 3.90. The summed E-state index contributed by atoms with van der Waals surface area (Å²) >= 11 is 1.28. The van der Waals surface area contributed by atoms with Gasteiger partial charge in [0, 0.05) is 16.5 Å². The standard InChI is InChI=1S/C21H19NO6S/c1-25-16-10-9-14(11-17(16)26-2)19-22-15(12-29-19)20(23)28-18(21(24)27-3)13-7-5-4-6-8-13/h4-12,18H,1-3H3/t18-/m0/s1. The molecule has 0 amide bonds. The lowest BCUT2D eigenvalue weighted by Gasteiger charge is -2.15. The number of esters is 2. The number of hydrogen-bond donors (Lipinski definition) is 0. The van der Waals surface area contributed by atoms with Gasteiger partial charge in [0.05, 0.1) is 21.3 Å². The first-order chi connectivity index (χ1) is 14.1. The third-order valence-corrected chi connectivity index (χ3v) is 4.98. The van der Waals surface area contributed by atoms with Gasteiger partial charge in [-0.3, -0.25) is 0 Å². The van der Waals surface area contributed by atoms with Crippen molar-refractivity contribution in [2.75, 3.05) is 21.3 Å². The molecule has 0 aliphatic rings. The van der Waals surface area contributed by atoms with E-state index in [4.69, 9.17) is 18.9 Å². The molecule has 2 aromatic carbocycles. The van der Waals surface area contributed by atoms with Gasteiger partial charge in [-0.25, -0.2) is 14.6 Å². The van der Waals surface area contributed by atoms with Gasteiger partial charge >= 0.3 is 11.9 Å². The summed E-state index contributed by atoms with van der Waals surface area (Å²) in [5, 5.41) is 2.18. The number of rotatable bonds is 7. The van der Waals surface area contributed by atoms with Crippen LogP contribution in [0.15, 0.2) is 53.9 Å². The number of hydrogen-bond acceptors (Lipinski definition) is 8. The Hall–Kier alpha value is -3.39. The molecule has 3 rings (SSSR count). The fourth-order valence-corrected chi connectivity index (χ4v) is 3.41. The first-order valence-electron chi connectivity index (χ1n) is 8.59. The quantitative estimate of drug-likeness (QED) is 0.543. The van der Waals surface area contributed by atoms with E-state index in [9.17, 15) is 9.59 Å². The van der Waals surface area contributed by atoms with Crippen LogP contribution >= 0.6 is 11.3 Å². The van der Waals surface area contributed by atoms with Gasteiger partial charge in [0.1, 0.15) is 5.01 Å². The van der Waals surface area contributed by atoms with Crippen LogP contribution < -0.4 is 9.47 Å². The summed E-state index contributed by atoms with van der Waals surface area (Å²) in [6.45, 7) is 0. The Bertz CT molecular complexity index is 1000. The topological polar surface area (TPSA) is 84.0 Å². The second-order valence-corrected chi connectivity index (χ2v) is 6.68. The predicted molar refractivity (Wildman–Crippen MR) is 107 cm³/mol. The maximum atomic E-state index is 12.6. The molecule has 0 bridgehead atoms. The van der Waals surface area contributed by atoms with Crippen molar-refractivity contribution in [3.63, 3.8) is 0 Å². The number of aromatic nitrogens is 1. The summed E-state index contributed by atoms with van der Waals surface area (Å²) in [6.07, 6.45) is -1.17. The van der Waals surface area contributed by atoms with Crippen molar-refractivity contribution >= 4 is 23.3 Å². The van der Waals surface area contributed by atoms with E-state index in [0.717, 1.165) is 5.56 Å². The molecule has 0 unspecified atom stereocenters. The Kier molecular flexibility index (Phi) is 6.46. The van der Waals surface area contributed by atoms with Gasteiger partial charge in [0.15, 0.2) is 17.2 Å². The summed E-state index contributed by atoms with van der Waals surface area (Å²) in [5.74, 6) is -0.234. The van der Waals surface area contributed by atoms with Crippen LogP contribution in [0.2, 0.25) is 0 Å². The van der Waals surface area contributed by atoms with Crippen molar-refractivity contribution in [3.05, 3.63) is 65.2 Å². The first kappa shape index (κ1) is 20.3. The molecule has 1 aromatic heterocycles. The Morgan fingerprint density at radius 2 is 1.69 bits per heavy atom. The molecular weight excluding hydrogens is 394 g/mol. The molecule has 0 spiro atoms. The molecule has 7 nitrogen and oxygen atoms in total. The Labute approximate surface area is 171 Å². The van der Waals surface area contributed by atoms with Gasteiger partial charge in [0.25, 0.3) is 0 Å². The molecule has 0 radical (unpaired) electrons. The number of carbonyl (C=O) groups excluding carboxylic acids is 2. The molecule has 0 aliphatic heterocycles. The van der Waals surface area contributed by atoms with Gasteiger partial charge in [-0.05, 0) is 18.2 Å². The van der Waals surface area contributed by atoms with E-state index in [1.807, 2.05) is 6.07 Å². The van der Waals surface area contributed by atoms with Gasteiger partial charge in [-0.15, -0.1) is 11.3 Å². The molecule has 150 valence electrons. The van der Waals surface area contributed by atoms with Gasteiger partial charge in [-0.1, -0.05) is 30.3 Å². The van der Waals surface area contributed by atoms with Crippen molar-refractivity contribution in [3.8, 4) is 22.1 Å². The highest BCUT2D eigenvalue weighted by atomic mass is 32.1. The normalized spacial score (nSPS) is 11.4. The molecule has 0 fully saturated rings. The minimum atomic E-state index is -1.17. The first-order valence-corrected chi connectivity index (χ1v) is 9.47. The Morgan fingerprint density at radius 1 is 0.966 bits per heavy atom. The van der Waals surface area contributed by atoms with E-state index >= 15 is 0 Å². The smallest absolute Gasteiger partial charge is 0.359 e. The van der Waals surface area contributed by atoms with Gasteiger partial charge in [-0.2, -0.15) is 0 Å². The van der Waals surface area contributed by atoms with Crippen LogP contribution in [0, 0.1) is 0 Å². The number of thiazole rings is 1. The molecule has 0 N–H and O–H groups in total. The lowest BCUT2D eigenvalue weighted by molar-refractivity contribution is -0.151. The minimum absolute atomic E-state index is 0.101. The summed E-state index contributed by atoms with van der Waals surface area (Å²) in [4.78, 5) is 29.0. The molecule has 1 heterocycles. The zero-order valence-corrected chi connectivity index (χ0v) is 16.9. The summed E-state index contributed by atoms with van der Waals surface area (Å²) in [5.41, 5.74) is 1.38. The highest BCUT2D eigenvalue weighted by Gasteiger charge is 2.27. The van der Waals surface area contributed by atoms with Crippen LogP contribution in [0.5, 0.6) is 11.5 Å². The zero-order chi connectivity index (χ0) is 20.8. The van der Waals surface area contributed by atoms with Crippen molar-refractivity contribution in [2.24, 2.45) is 0 Å². The van der Waals surface area contributed by atoms with Crippen LogP contribution in [0.3, 0.4) is 0 Å². The molecule has 29 heavy (non-hydrogen) atoms. The Morgan fingerprint density at radius 3 is 2.34 bits per heavy atom. The van der Waals surface area contributed by atoms with Crippen LogP contribution in [0.1, 0.15) is 22.2 Å². The molecule has 3 aromatic rings. The zero-order valence-electron chi connectivity index (χ0n) is 16.1. The van der Waals surface area contributed by atoms with Crippen LogP contribution in [0.4, 0.5) is 0 Å².